The smallest absolute Gasteiger partial charge is 0.262 e. The highest BCUT2D eigenvalue weighted by atomic mass is 35.5. The summed E-state index contributed by atoms with van der Waals surface area (Å²) in [6.45, 7) is 1.62. The fraction of sp³-hybridized carbons (Fsp3) is 0.0952. The van der Waals surface area contributed by atoms with Crippen molar-refractivity contribution in [2.75, 3.05) is 11.9 Å². The minimum Gasteiger partial charge on any atom is -0.482 e. The van der Waals surface area contributed by atoms with E-state index in [0.29, 0.717) is 38.5 Å². The Morgan fingerprint density at radius 3 is 2.69 bits per heavy atom. The zero-order chi connectivity index (χ0) is 20.4. The van der Waals surface area contributed by atoms with Crippen LogP contribution in [-0.2, 0) is 4.79 Å². The number of benzene rings is 2. The molecule has 0 aliphatic heterocycles. The van der Waals surface area contributed by atoms with Crippen LogP contribution >= 0.6 is 23.2 Å². The standard InChI is InChI=1S/C21H15Cl2N3O3/c1-12-8-14(22)9-16(23)20(12)28-11-19(27)25-15-2-3-18-17(10-15)26-21(29-18)13-4-6-24-7-5-13/h2-10H,11H2,1H3,(H,25,27). The van der Waals surface area contributed by atoms with Gasteiger partial charge >= 0.3 is 0 Å². The van der Waals surface area contributed by atoms with Crippen molar-refractivity contribution in [3.63, 3.8) is 0 Å². The number of aromatic nitrogens is 2. The first-order valence-corrected chi connectivity index (χ1v) is 9.44. The molecule has 8 heteroatoms. The van der Waals surface area contributed by atoms with Crippen molar-refractivity contribution in [2.45, 2.75) is 6.92 Å². The lowest BCUT2D eigenvalue weighted by atomic mass is 10.2. The van der Waals surface area contributed by atoms with Gasteiger partial charge in [-0.05, 0) is 55.0 Å². The van der Waals surface area contributed by atoms with Crippen LogP contribution in [0.2, 0.25) is 10.0 Å². The molecular formula is C21H15Cl2N3O3. The summed E-state index contributed by atoms with van der Waals surface area (Å²) in [6.07, 6.45) is 3.34. The van der Waals surface area contributed by atoms with Crippen LogP contribution in [0.3, 0.4) is 0 Å². The maximum Gasteiger partial charge on any atom is 0.262 e. The number of hydrogen-bond acceptors (Lipinski definition) is 5. The minimum atomic E-state index is -0.326. The summed E-state index contributed by atoms with van der Waals surface area (Å²) < 4.78 is 11.3. The van der Waals surface area contributed by atoms with Crippen molar-refractivity contribution in [1.29, 1.82) is 0 Å². The van der Waals surface area contributed by atoms with Crippen LogP contribution in [0.4, 0.5) is 5.69 Å². The molecule has 0 aliphatic carbocycles. The number of nitrogens with zero attached hydrogens (tertiary/aromatic N) is 2. The van der Waals surface area contributed by atoms with Crippen molar-refractivity contribution in [2.24, 2.45) is 0 Å². The zero-order valence-corrected chi connectivity index (χ0v) is 16.8. The van der Waals surface area contributed by atoms with E-state index in [-0.39, 0.29) is 12.5 Å². The topological polar surface area (TPSA) is 77.2 Å². The van der Waals surface area contributed by atoms with Gasteiger partial charge in [-0.2, -0.15) is 0 Å². The summed E-state index contributed by atoms with van der Waals surface area (Å²) >= 11 is 12.1. The molecule has 0 fully saturated rings. The van der Waals surface area contributed by atoms with Gasteiger partial charge in [0, 0.05) is 28.7 Å². The molecule has 2 aromatic heterocycles. The number of rotatable bonds is 5. The average molecular weight is 428 g/mol. The normalized spacial score (nSPS) is 10.9. The summed E-state index contributed by atoms with van der Waals surface area (Å²) in [6, 6.07) is 12.2. The van der Waals surface area contributed by atoms with Gasteiger partial charge in [0.2, 0.25) is 5.89 Å². The van der Waals surface area contributed by atoms with E-state index in [1.54, 1.807) is 42.7 Å². The molecule has 4 rings (SSSR count). The molecule has 1 amide bonds. The number of carbonyl (C=O) groups excluding carboxylic acids is 1. The molecule has 0 spiro atoms. The Morgan fingerprint density at radius 2 is 1.93 bits per heavy atom. The molecule has 2 aromatic carbocycles. The highest BCUT2D eigenvalue weighted by Crippen LogP contribution is 2.32. The zero-order valence-electron chi connectivity index (χ0n) is 15.3. The maximum absolute atomic E-state index is 12.3. The molecule has 0 aliphatic rings. The molecule has 29 heavy (non-hydrogen) atoms. The van der Waals surface area contributed by atoms with Crippen LogP contribution in [0.1, 0.15) is 5.56 Å². The lowest BCUT2D eigenvalue weighted by molar-refractivity contribution is -0.118. The Bertz CT molecular complexity index is 1170. The summed E-state index contributed by atoms with van der Waals surface area (Å²) in [7, 11) is 0. The molecular weight excluding hydrogens is 413 g/mol. The molecule has 0 radical (unpaired) electrons. The molecule has 0 atom stereocenters. The van der Waals surface area contributed by atoms with Gasteiger partial charge in [0.15, 0.2) is 12.2 Å². The van der Waals surface area contributed by atoms with Gasteiger partial charge in [0.1, 0.15) is 11.3 Å². The van der Waals surface area contributed by atoms with Crippen molar-refractivity contribution in [3.8, 4) is 17.2 Å². The van der Waals surface area contributed by atoms with Crippen LogP contribution < -0.4 is 10.1 Å². The number of hydrogen-bond donors (Lipinski definition) is 1. The van der Waals surface area contributed by atoms with Crippen molar-refractivity contribution < 1.29 is 13.9 Å². The summed E-state index contributed by atoms with van der Waals surface area (Å²) in [5.74, 6) is 0.592. The predicted molar refractivity (Wildman–Crippen MR) is 113 cm³/mol. The van der Waals surface area contributed by atoms with E-state index in [1.165, 1.54) is 0 Å². The summed E-state index contributed by atoms with van der Waals surface area (Å²) in [4.78, 5) is 20.7. The Hall–Kier alpha value is -3.09. The molecule has 0 saturated carbocycles. The number of oxazole rings is 1. The fourth-order valence-electron chi connectivity index (χ4n) is 2.83. The van der Waals surface area contributed by atoms with Crippen molar-refractivity contribution >= 4 is 45.9 Å². The molecule has 0 bridgehead atoms. The number of anilines is 1. The van der Waals surface area contributed by atoms with Gasteiger partial charge in [-0.3, -0.25) is 9.78 Å². The van der Waals surface area contributed by atoms with Gasteiger partial charge in [0.05, 0.1) is 5.02 Å². The second-order valence-corrected chi connectivity index (χ2v) is 7.15. The SMILES string of the molecule is Cc1cc(Cl)cc(Cl)c1OCC(=O)Nc1ccc2oc(-c3ccncc3)nc2c1. The summed E-state index contributed by atoms with van der Waals surface area (Å²) in [5, 5.41) is 3.65. The van der Waals surface area contributed by atoms with E-state index in [4.69, 9.17) is 32.4 Å². The average Bonchev–Trinajstić information content (AvgIpc) is 3.11. The number of aryl methyl sites for hydroxylation is 1. The largest absolute Gasteiger partial charge is 0.482 e. The molecule has 2 heterocycles. The quantitative estimate of drug-likeness (QED) is 0.453. The van der Waals surface area contributed by atoms with E-state index in [9.17, 15) is 4.79 Å². The first kappa shape index (κ1) is 19.2. The predicted octanol–water partition coefficient (Wildman–Crippen LogP) is 5.52. The minimum absolute atomic E-state index is 0.193. The van der Waals surface area contributed by atoms with Crippen LogP contribution in [0.25, 0.3) is 22.6 Å². The Morgan fingerprint density at radius 1 is 1.14 bits per heavy atom. The fourth-order valence-corrected chi connectivity index (χ4v) is 3.48. The number of carbonyl (C=O) groups is 1. The Kier molecular flexibility index (Phi) is 5.38. The number of amides is 1. The monoisotopic (exact) mass is 427 g/mol. The number of ether oxygens (including phenoxy) is 1. The van der Waals surface area contributed by atoms with Crippen LogP contribution in [0.5, 0.6) is 5.75 Å². The van der Waals surface area contributed by atoms with E-state index in [2.05, 4.69) is 15.3 Å². The van der Waals surface area contributed by atoms with Gasteiger partial charge < -0.3 is 14.5 Å². The van der Waals surface area contributed by atoms with E-state index < -0.39 is 0 Å². The third-order valence-electron chi connectivity index (χ3n) is 4.14. The molecule has 1 N–H and O–H groups in total. The second kappa shape index (κ2) is 8.11. The number of halogens is 2. The molecule has 0 unspecified atom stereocenters. The number of nitrogens with one attached hydrogen (secondary N) is 1. The van der Waals surface area contributed by atoms with Crippen LogP contribution in [0.15, 0.2) is 59.3 Å². The number of fused-ring (bicyclic) bond motifs is 1. The number of pyridine rings is 1. The van der Waals surface area contributed by atoms with Gasteiger partial charge in [-0.1, -0.05) is 23.2 Å². The van der Waals surface area contributed by atoms with Gasteiger partial charge in [0.25, 0.3) is 5.91 Å². The molecule has 146 valence electrons. The van der Waals surface area contributed by atoms with Crippen LogP contribution in [-0.4, -0.2) is 22.5 Å². The first-order valence-electron chi connectivity index (χ1n) is 8.69. The van der Waals surface area contributed by atoms with Crippen molar-refractivity contribution in [1.82, 2.24) is 9.97 Å². The first-order chi connectivity index (χ1) is 14.0. The van der Waals surface area contributed by atoms with E-state index >= 15 is 0 Å². The Balaban J connectivity index is 1.46. The van der Waals surface area contributed by atoms with E-state index in [1.807, 2.05) is 19.1 Å². The van der Waals surface area contributed by atoms with Crippen LogP contribution in [0, 0.1) is 6.92 Å². The van der Waals surface area contributed by atoms with E-state index in [0.717, 1.165) is 11.1 Å². The molecule has 6 nitrogen and oxygen atoms in total. The lowest BCUT2D eigenvalue weighted by Crippen LogP contribution is -2.20. The summed E-state index contributed by atoms with van der Waals surface area (Å²) in [5.41, 5.74) is 3.41. The third-order valence-corrected chi connectivity index (χ3v) is 4.64. The highest BCUT2D eigenvalue weighted by Gasteiger charge is 2.12. The molecule has 0 saturated heterocycles. The third kappa shape index (κ3) is 4.34. The van der Waals surface area contributed by atoms with Crippen molar-refractivity contribution in [3.05, 3.63) is 70.5 Å². The van der Waals surface area contributed by atoms with Gasteiger partial charge in [-0.15, -0.1) is 0 Å². The lowest BCUT2D eigenvalue weighted by Gasteiger charge is -2.11. The van der Waals surface area contributed by atoms with Gasteiger partial charge in [-0.25, -0.2) is 4.98 Å². The maximum atomic E-state index is 12.3. The highest BCUT2D eigenvalue weighted by molar-refractivity contribution is 6.35. The Labute approximate surface area is 176 Å². The molecule has 4 aromatic rings. The second-order valence-electron chi connectivity index (χ2n) is 6.31.